The van der Waals surface area contributed by atoms with Gasteiger partial charge in [0.05, 0.1) is 0 Å². The molecule has 23 heavy (non-hydrogen) atoms. The first-order valence-electron chi connectivity index (χ1n) is 7.18. The van der Waals surface area contributed by atoms with Crippen LogP contribution in [0, 0.1) is 0 Å². The summed E-state index contributed by atoms with van der Waals surface area (Å²) in [6.07, 6.45) is 3.75. The Kier molecular flexibility index (Phi) is 4.82. The second-order valence-electron chi connectivity index (χ2n) is 4.95. The summed E-state index contributed by atoms with van der Waals surface area (Å²) in [6.45, 7) is 0. The average molecular weight is 528 g/mol. The molecule has 5 heteroatoms. The van der Waals surface area contributed by atoms with Gasteiger partial charge in [0.2, 0.25) is 0 Å². The minimum atomic E-state index is -0.946. The molecule has 4 aromatic rings. The first-order chi connectivity index (χ1) is 11.4. The molecule has 2 radical (unpaired) electrons. The van der Waals surface area contributed by atoms with Crippen LogP contribution in [0.15, 0.2) is 82.8 Å². The predicted molar refractivity (Wildman–Crippen MR) is 101 cm³/mol. The fourth-order valence-electron chi connectivity index (χ4n) is 2.43. The van der Waals surface area contributed by atoms with Gasteiger partial charge in [-0.15, -0.1) is 0 Å². The summed E-state index contributed by atoms with van der Waals surface area (Å²) in [6, 6.07) is 21.1. The van der Waals surface area contributed by atoms with Crippen LogP contribution >= 0.6 is 16.6 Å². The van der Waals surface area contributed by atoms with Crippen LogP contribution in [0.3, 0.4) is 0 Å². The van der Waals surface area contributed by atoms with E-state index in [2.05, 4.69) is 58.5 Å². The molecule has 2 aromatic carbocycles. The molecule has 2 heterocycles. The molecule has 0 spiro atoms. The molecule has 0 saturated carbocycles. The fraction of sp³-hybridized carbons (Fsp3) is 0. The molecule has 2 nitrogen and oxygen atoms in total. The number of rotatable bonds is 4. The molecule has 0 fully saturated rings. The van der Waals surface area contributed by atoms with Gasteiger partial charge in [0.15, 0.2) is 0 Å². The molecular formula is C18H12N2PbS2. The second-order valence-corrected chi connectivity index (χ2v) is 17.5. The van der Waals surface area contributed by atoms with Gasteiger partial charge < -0.3 is 0 Å². The Hall–Kier alpha value is -1.12. The van der Waals surface area contributed by atoms with E-state index >= 15 is 0 Å². The molecule has 0 N–H and O–H groups in total. The van der Waals surface area contributed by atoms with Crippen molar-refractivity contribution in [2.45, 2.75) is 9.79 Å². The van der Waals surface area contributed by atoms with Crippen molar-refractivity contribution in [1.29, 1.82) is 0 Å². The van der Waals surface area contributed by atoms with Crippen molar-refractivity contribution in [1.82, 2.24) is 9.97 Å². The third-order valence-corrected chi connectivity index (χ3v) is 16.2. The molecule has 0 bridgehead atoms. The Morgan fingerprint density at radius 3 is 1.61 bits per heavy atom. The summed E-state index contributed by atoms with van der Waals surface area (Å²) < 4.78 is 0. The average Bonchev–Trinajstić information content (AvgIpc) is 2.62. The summed E-state index contributed by atoms with van der Waals surface area (Å²) >= 11 is -0.946. The molecule has 0 atom stereocenters. The van der Waals surface area contributed by atoms with E-state index in [0.29, 0.717) is 0 Å². The second kappa shape index (κ2) is 7.19. The summed E-state index contributed by atoms with van der Waals surface area (Å²) in [5.74, 6) is 0. The van der Waals surface area contributed by atoms with Crippen molar-refractivity contribution in [3.05, 3.63) is 73.1 Å². The third kappa shape index (κ3) is 3.39. The summed E-state index contributed by atoms with van der Waals surface area (Å²) in [5, 5.41) is 2.44. The van der Waals surface area contributed by atoms with Gasteiger partial charge in [0.1, 0.15) is 0 Å². The van der Waals surface area contributed by atoms with Gasteiger partial charge in [-0.05, 0) is 0 Å². The zero-order valence-corrected chi connectivity index (χ0v) is 17.7. The number of fused-ring (bicyclic) bond motifs is 2. The van der Waals surface area contributed by atoms with Gasteiger partial charge in [-0.2, -0.15) is 0 Å². The van der Waals surface area contributed by atoms with Crippen LogP contribution in [-0.4, -0.2) is 31.2 Å². The van der Waals surface area contributed by atoms with Gasteiger partial charge in [-0.25, -0.2) is 0 Å². The van der Waals surface area contributed by atoms with Gasteiger partial charge in [0.25, 0.3) is 0 Å². The summed E-state index contributed by atoms with van der Waals surface area (Å²) in [7, 11) is 4.04. The number of hydrogen-bond donors (Lipinski definition) is 0. The topological polar surface area (TPSA) is 25.8 Å². The molecule has 0 aliphatic rings. The molecule has 0 amide bonds. The SMILES string of the molecule is c1cnc2c([S][Pb][S]c3cccc4cccnc34)cccc2c1. The number of hydrogen-bond acceptors (Lipinski definition) is 4. The third-order valence-electron chi connectivity index (χ3n) is 3.49. The van der Waals surface area contributed by atoms with Crippen molar-refractivity contribution in [2.24, 2.45) is 0 Å². The van der Waals surface area contributed by atoms with E-state index in [1.807, 2.05) is 41.2 Å². The zero-order valence-electron chi connectivity index (χ0n) is 12.1. The van der Waals surface area contributed by atoms with Gasteiger partial charge in [0, 0.05) is 0 Å². The monoisotopic (exact) mass is 528 g/mol. The normalized spacial score (nSPS) is 11.1. The van der Waals surface area contributed by atoms with Crippen LogP contribution in [-0.2, 0) is 0 Å². The van der Waals surface area contributed by atoms with Crippen molar-refractivity contribution >= 4 is 59.7 Å². The van der Waals surface area contributed by atoms with Crippen molar-refractivity contribution in [3.63, 3.8) is 0 Å². The van der Waals surface area contributed by atoms with Crippen LogP contribution < -0.4 is 0 Å². The van der Waals surface area contributed by atoms with Gasteiger partial charge >= 0.3 is 152 Å². The van der Waals surface area contributed by atoms with E-state index in [4.69, 9.17) is 0 Å². The summed E-state index contributed by atoms with van der Waals surface area (Å²) in [5.41, 5.74) is 2.26. The van der Waals surface area contributed by atoms with E-state index in [1.54, 1.807) is 0 Å². The molecule has 2 aromatic heterocycles. The van der Waals surface area contributed by atoms with Crippen molar-refractivity contribution < 1.29 is 0 Å². The van der Waals surface area contributed by atoms with E-state index in [9.17, 15) is 0 Å². The van der Waals surface area contributed by atoms with Gasteiger partial charge in [-0.1, -0.05) is 0 Å². The van der Waals surface area contributed by atoms with Crippen LogP contribution in [0.25, 0.3) is 21.8 Å². The van der Waals surface area contributed by atoms with E-state index < -0.39 is 21.2 Å². The van der Waals surface area contributed by atoms with Crippen LogP contribution in [0.1, 0.15) is 0 Å². The van der Waals surface area contributed by atoms with Gasteiger partial charge in [-0.3, -0.25) is 0 Å². The van der Waals surface area contributed by atoms with Crippen LogP contribution in [0.5, 0.6) is 0 Å². The van der Waals surface area contributed by atoms with Crippen LogP contribution in [0.4, 0.5) is 0 Å². The predicted octanol–water partition coefficient (Wildman–Crippen LogP) is 5.20. The number of benzene rings is 2. The Morgan fingerprint density at radius 1 is 0.609 bits per heavy atom. The number of para-hydroxylation sites is 2. The van der Waals surface area contributed by atoms with E-state index in [0.717, 1.165) is 11.0 Å². The number of aromatic nitrogens is 2. The molecule has 110 valence electrons. The molecule has 0 saturated heterocycles. The molecule has 0 aliphatic heterocycles. The maximum atomic E-state index is 4.55. The zero-order chi connectivity index (χ0) is 15.5. The Bertz CT molecular complexity index is 885. The molecule has 0 unspecified atom stereocenters. The Morgan fingerprint density at radius 2 is 1.09 bits per heavy atom. The molecular weight excluding hydrogens is 516 g/mol. The van der Waals surface area contributed by atoms with Crippen LogP contribution in [0.2, 0.25) is 0 Å². The van der Waals surface area contributed by atoms with Crippen molar-refractivity contribution in [2.75, 3.05) is 0 Å². The first kappa shape index (κ1) is 15.4. The maximum absolute atomic E-state index is 4.55. The van der Waals surface area contributed by atoms with Crippen molar-refractivity contribution in [3.8, 4) is 0 Å². The van der Waals surface area contributed by atoms with E-state index in [-0.39, 0.29) is 0 Å². The molecule has 0 aliphatic carbocycles. The number of nitrogens with zero attached hydrogens (tertiary/aromatic N) is 2. The first-order valence-corrected chi connectivity index (χ1v) is 18.3. The Labute approximate surface area is 151 Å². The number of pyridine rings is 2. The quantitative estimate of drug-likeness (QED) is 0.341. The van der Waals surface area contributed by atoms with E-state index in [1.165, 1.54) is 20.6 Å². The minimum absolute atomic E-state index is 0.946. The Balaban J connectivity index is 1.55. The standard InChI is InChI=1S/2C9H7NS.Pb/c2*11-8-5-1-3-7-4-2-6-10-9(7)8;/h2*1-6,11H;/q;;+2/p-2. The molecule has 4 rings (SSSR count). The summed E-state index contributed by atoms with van der Waals surface area (Å²) in [4.78, 5) is 11.7. The fourth-order valence-corrected chi connectivity index (χ4v) is 15.7.